The summed E-state index contributed by atoms with van der Waals surface area (Å²) in [5.41, 5.74) is 0.798. The fourth-order valence-electron chi connectivity index (χ4n) is 1.61. The highest BCUT2D eigenvalue weighted by atomic mass is 79.9. The molecule has 0 aliphatic rings. The molecule has 3 nitrogen and oxygen atoms in total. The number of aliphatic hydroxyl groups is 1. The number of rotatable bonds is 7. The summed E-state index contributed by atoms with van der Waals surface area (Å²) in [6, 6.07) is 9.57. The molecule has 0 amide bonds. The first kappa shape index (κ1) is 15.8. The fourth-order valence-corrected chi connectivity index (χ4v) is 2.99. The maximum atomic E-state index is 9.85. The van der Waals surface area contributed by atoms with E-state index in [1.54, 1.807) is 11.3 Å². The Morgan fingerprint density at radius 1 is 1.40 bits per heavy atom. The van der Waals surface area contributed by atoms with Gasteiger partial charge in [-0.25, -0.2) is 0 Å². The maximum absolute atomic E-state index is 9.85. The number of nitrogens with one attached hydrogen (secondary N) is 1. The topological polar surface area (TPSA) is 41.5 Å². The normalized spacial score (nSPS) is 12.3. The van der Waals surface area contributed by atoms with Gasteiger partial charge in [0.25, 0.3) is 0 Å². The molecule has 0 aliphatic carbocycles. The van der Waals surface area contributed by atoms with E-state index in [1.165, 1.54) is 0 Å². The molecule has 1 aromatic carbocycles. The summed E-state index contributed by atoms with van der Waals surface area (Å²) < 4.78 is 6.38. The predicted molar refractivity (Wildman–Crippen MR) is 87.6 cm³/mol. The van der Waals surface area contributed by atoms with Gasteiger partial charge in [0.2, 0.25) is 0 Å². The van der Waals surface area contributed by atoms with E-state index in [0.717, 1.165) is 15.0 Å². The van der Waals surface area contributed by atoms with Crippen LogP contribution in [0.5, 0.6) is 0 Å². The standard InChI is InChI=1S/C14H15BrClNO2S/c15-10-3-4-14(13(16)6-10)17-7-11(18)8-19-9-12-2-1-5-20-12/h1-6,11,17-18H,7-9H2. The van der Waals surface area contributed by atoms with Crippen LogP contribution in [0.3, 0.4) is 0 Å². The van der Waals surface area contributed by atoms with Gasteiger partial charge in [0, 0.05) is 15.9 Å². The second-order valence-electron chi connectivity index (χ2n) is 4.25. The Hall–Kier alpha value is -0.590. The summed E-state index contributed by atoms with van der Waals surface area (Å²) in [6.07, 6.45) is -0.574. The molecule has 1 aromatic heterocycles. The van der Waals surface area contributed by atoms with Gasteiger partial charge >= 0.3 is 0 Å². The molecule has 2 aromatic rings. The molecular weight excluding hydrogens is 362 g/mol. The predicted octanol–water partition coefficient (Wildman–Crippen LogP) is 4.15. The van der Waals surface area contributed by atoms with Gasteiger partial charge < -0.3 is 15.2 Å². The molecule has 1 unspecified atom stereocenters. The first-order chi connectivity index (χ1) is 9.65. The van der Waals surface area contributed by atoms with Crippen LogP contribution in [0.25, 0.3) is 0 Å². The van der Waals surface area contributed by atoms with Crippen LogP contribution in [0.1, 0.15) is 4.88 Å². The summed E-state index contributed by atoms with van der Waals surface area (Å²) in [6.45, 7) is 1.22. The van der Waals surface area contributed by atoms with Gasteiger partial charge in [-0.15, -0.1) is 11.3 Å². The smallest absolute Gasteiger partial charge is 0.0945 e. The third-order valence-electron chi connectivity index (χ3n) is 2.59. The molecule has 0 saturated heterocycles. The molecule has 20 heavy (non-hydrogen) atoms. The van der Waals surface area contributed by atoms with Gasteiger partial charge in [-0.3, -0.25) is 0 Å². The van der Waals surface area contributed by atoms with Gasteiger partial charge in [0.1, 0.15) is 0 Å². The van der Waals surface area contributed by atoms with E-state index in [4.69, 9.17) is 16.3 Å². The van der Waals surface area contributed by atoms with E-state index in [2.05, 4.69) is 21.2 Å². The van der Waals surface area contributed by atoms with Crippen LogP contribution in [-0.2, 0) is 11.3 Å². The monoisotopic (exact) mass is 375 g/mol. The van der Waals surface area contributed by atoms with Crippen LogP contribution in [0, 0.1) is 0 Å². The van der Waals surface area contributed by atoms with Crippen molar-refractivity contribution in [2.24, 2.45) is 0 Å². The molecule has 1 heterocycles. The van der Waals surface area contributed by atoms with E-state index in [-0.39, 0.29) is 0 Å². The second-order valence-corrected chi connectivity index (χ2v) is 6.61. The first-order valence-electron chi connectivity index (χ1n) is 6.12. The fraction of sp³-hybridized carbons (Fsp3) is 0.286. The molecule has 0 bridgehead atoms. The molecule has 0 spiro atoms. The zero-order chi connectivity index (χ0) is 14.4. The highest BCUT2D eigenvalue weighted by Gasteiger charge is 2.07. The highest BCUT2D eigenvalue weighted by molar-refractivity contribution is 9.10. The summed E-state index contributed by atoms with van der Waals surface area (Å²) in [7, 11) is 0. The number of hydrogen-bond acceptors (Lipinski definition) is 4. The zero-order valence-corrected chi connectivity index (χ0v) is 13.8. The first-order valence-corrected chi connectivity index (χ1v) is 8.17. The van der Waals surface area contributed by atoms with Crippen LogP contribution in [0.2, 0.25) is 5.02 Å². The van der Waals surface area contributed by atoms with E-state index >= 15 is 0 Å². The Labute approximate surface area is 135 Å². The molecular formula is C14H15BrClNO2S. The van der Waals surface area contributed by atoms with Crippen molar-refractivity contribution in [2.75, 3.05) is 18.5 Å². The molecule has 6 heteroatoms. The molecule has 0 aliphatic heterocycles. The average molecular weight is 377 g/mol. The SMILES string of the molecule is OC(CNc1ccc(Br)cc1Cl)COCc1cccs1. The van der Waals surface area contributed by atoms with Crippen LogP contribution < -0.4 is 5.32 Å². The molecule has 0 radical (unpaired) electrons. The zero-order valence-electron chi connectivity index (χ0n) is 10.7. The third-order valence-corrected chi connectivity index (χ3v) is 4.25. The van der Waals surface area contributed by atoms with Crippen molar-refractivity contribution < 1.29 is 9.84 Å². The summed E-state index contributed by atoms with van der Waals surface area (Å²) >= 11 is 11.1. The van der Waals surface area contributed by atoms with Gasteiger partial charge in [-0.05, 0) is 29.6 Å². The molecule has 0 saturated carbocycles. The van der Waals surface area contributed by atoms with Gasteiger partial charge in [0.15, 0.2) is 0 Å². The number of hydrogen-bond donors (Lipinski definition) is 2. The van der Waals surface area contributed by atoms with Crippen LogP contribution in [0.4, 0.5) is 5.69 Å². The number of thiophene rings is 1. The molecule has 0 fully saturated rings. The number of benzene rings is 1. The van der Waals surface area contributed by atoms with Crippen molar-refractivity contribution in [1.29, 1.82) is 0 Å². The van der Waals surface area contributed by atoms with Crippen LogP contribution in [0.15, 0.2) is 40.2 Å². The highest BCUT2D eigenvalue weighted by Crippen LogP contribution is 2.25. The minimum atomic E-state index is -0.574. The van der Waals surface area contributed by atoms with Crippen molar-refractivity contribution in [3.63, 3.8) is 0 Å². The molecule has 2 N–H and O–H groups in total. The van der Waals surface area contributed by atoms with E-state index in [0.29, 0.717) is 24.8 Å². The van der Waals surface area contributed by atoms with E-state index in [1.807, 2.05) is 35.7 Å². The van der Waals surface area contributed by atoms with Crippen molar-refractivity contribution >= 4 is 44.6 Å². The largest absolute Gasteiger partial charge is 0.389 e. The minimum absolute atomic E-state index is 0.291. The summed E-state index contributed by atoms with van der Waals surface area (Å²) in [5, 5.41) is 15.6. The lowest BCUT2D eigenvalue weighted by molar-refractivity contribution is 0.0359. The Balaban J connectivity index is 1.70. The Morgan fingerprint density at radius 3 is 2.95 bits per heavy atom. The minimum Gasteiger partial charge on any atom is -0.389 e. The summed E-state index contributed by atoms with van der Waals surface area (Å²) in [5.74, 6) is 0. The van der Waals surface area contributed by atoms with Crippen molar-refractivity contribution in [3.05, 3.63) is 50.1 Å². The van der Waals surface area contributed by atoms with Gasteiger partial charge in [-0.2, -0.15) is 0 Å². The molecule has 2 rings (SSSR count). The van der Waals surface area contributed by atoms with Crippen molar-refractivity contribution in [2.45, 2.75) is 12.7 Å². The van der Waals surface area contributed by atoms with E-state index in [9.17, 15) is 5.11 Å². The Kier molecular flexibility index (Phi) is 6.32. The van der Waals surface area contributed by atoms with Crippen LogP contribution >= 0.6 is 38.9 Å². The van der Waals surface area contributed by atoms with Gasteiger partial charge in [-0.1, -0.05) is 33.6 Å². The second kappa shape index (κ2) is 8.00. The number of ether oxygens (including phenoxy) is 1. The van der Waals surface area contributed by atoms with Gasteiger partial charge in [0.05, 0.1) is 30.0 Å². The number of aliphatic hydroxyl groups excluding tert-OH is 1. The lowest BCUT2D eigenvalue weighted by Crippen LogP contribution is -2.24. The lowest BCUT2D eigenvalue weighted by Gasteiger charge is -2.14. The number of anilines is 1. The number of halogens is 2. The summed E-state index contributed by atoms with van der Waals surface area (Å²) in [4.78, 5) is 1.15. The van der Waals surface area contributed by atoms with E-state index < -0.39 is 6.10 Å². The lowest BCUT2D eigenvalue weighted by atomic mass is 10.3. The Morgan fingerprint density at radius 2 is 2.25 bits per heavy atom. The maximum Gasteiger partial charge on any atom is 0.0945 e. The molecule has 108 valence electrons. The Bertz CT molecular complexity index is 536. The van der Waals surface area contributed by atoms with Crippen molar-refractivity contribution in [1.82, 2.24) is 0 Å². The quantitative estimate of drug-likeness (QED) is 0.762. The third kappa shape index (κ3) is 5.07. The van der Waals surface area contributed by atoms with Crippen LogP contribution in [-0.4, -0.2) is 24.4 Å². The van der Waals surface area contributed by atoms with Crippen molar-refractivity contribution in [3.8, 4) is 0 Å². The molecule has 1 atom stereocenters. The average Bonchev–Trinajstić information content (AvgIpc) is 2.91.